The van der Waals surface area contributed by atoms with Crippen LogP contribution in [0, 0.1) is 0 Å². The summed E-state index contributed by atoms with van der Waals surface area (Å²) in [6.45, 7) is 2.67. The smallest absolute Gasteiger partial charge is 0.220 e. The molecule has 0 saturated carbocycles. The first-order valence-electron chi connectivity index (χ1n) is 34.8. The van der Waals surface area contributed by atoms with Gasteiger partial charge in [-0.2, -0.15) is 0 Å². The molecule has 0 aromatic carbocycles. The normalized spacial score (nSPS) is 23.9. The van der Waals surface area contributed by atoms with Crippen molar-refractivity contribution in [1.82, 2.24) is 5.32 Å². The maximum absolute atomic E-state index is 13.3. The molecule has 0 bridgehead atoms. The topological polar surface area (TPSA) is 228 Å². The van der Waals surface area contributed by atoms with Crippen molar-refractivity contribution in [3.05, 3.63) is 85.1 Å². The number of aliphatic hydroxyl groups is 8. The molecule has 86 heavy (non-hydrogen) atoms. The second-order valence-electron chi connectivity index (χ2n) is 24.3. The van der Waals surface area contributed by atoms with Crippen LogP contribution in [0.3, 0.4) is 0 Å². The summed E-state index contributed by atoms with van der Waals surface area (Å²) in [6, 6.07) is -0.952. The van der Waals surface area contributed by atoms with E-state index in [0.29, 0.717) is 12.8 Å². The third-order valence-corrected chi connectivity index (χ3v) is 16.5. The molecule has 2 saturated heterocycles. The summed E-state index contributed by atoms with van der Waals surface area (Å²) in [5.41, 5.74) is 0. The summed E-state index contributed by atoms with van der Waals surface area (Å²) in [7, 11) is 0. The lowest BCUT2D eigenvalue weighted by Gasteiger charge is -2.46. The maximum Gasteiger partial charge on any atom is 0.220 e. The number of hydrogen-bond donors (Lipinski definition) is 9. The van der Waals surface area contributed by atoms with Gasteiger partial charge in [0.1, 0.15) is 48.8 Å². The minimum absolute atomic E-state index is 0.249. The zero-order chi connectivity index (χ0) is 62.3. The van der Waals surface area contributed by atoms with Crippen molar-refractivity contribution in [2.24, 2.45) is 0 Å². The Bertz CT molecular complexity index is 1770. The zero-order valence-corrected chi connectivity index (χ0v) is 54.0. The van der Waals surface area contributed by atoms with Gasteiger partial charge in [-0.3, -0.25) is 4.79 Å². The summed E-state index contributed by atoms with van der Waals surface area (Å²) in [5, 5.41) is 87.3. The fourth-order valence-electron chi connectivity index (χ4n) is 11.0. The third kappa shape index (κ3) is 40.0. The second-order valence-corrected chi connectivity index (χ2v) is 24.3. The van der Waals surface area contributed by atoms with E-state index < -0.39 is 86.8 Å². The Balaban J connectivity index is 1.69. The first kappa shape index (κ1) is 79.3. The molecule has 2 aliphatic rings. The largest absolute Gasteiger partial charge is 0.394 e. The van der Waals surface area contributed by atoms with Crippen molar-refractivity contribution in [1.29, 1.82) is 0 Å². The maximum atomic E-state index is 13.3. The summed E-state index contributed by atoms with van der Waals surface area (Å²) < 4.78 is 22.8. The van der Waals surface area contributed by atoms with Crippen molar-refractivity contribution in [3.63, 3.8) is 0 Å². The van der Waals surface area contributed by atoms with Gasteiger partial charge in [0.05, 0.1) is 32.0 Å². The molecule has 12 unspecified atom stereocenters. The fraction of sp³-hybridized carbons (Fsp3) is 0.792. The summed E-state index contributed by atoms with van der Waals surface area (Å²) in [6.07, 6.45) is 60.8. The van der Waals surface area contributed by atoms with Crippen LogP contribution in [-0.4, -0.2) is 140 Å². The second kappa shape index (κ2) is 56.2. The highest BCUT2D eigenvalue weighted by atomic mass is 16.7. The highest BCUT2D eigenvalue weighted by Crippen LogP contribution is 2.30. The molecule has 0 aromatic rings. The van der Waals surface area contributed by atoms with E-state index in [2.05, 4.69) is 92.1 Å². The fourth-order valence-corrected chi connectivity index (χ4v) is 11.0. The van der Waals surface area contributed by atoms with Gasteiger partial charge >= 0.3 is 0 Å². The summed E-state index contributed by atoms with van der Waals surface area (Å²) in [4.78, 5) is 13.3. The van der Waals surface area contributed by atoms with Gasteiger partial charge in [0.2, 0.25) is 5.91 Å². The van der Waals surface area contributed by atoms with Gasteiger partial charge < -0.3 is 65.1 Å². The first-order valence-corrected chi connectivity index (χ1v) is 34.8. The number of unbranched alkanes of at least 4 members (excludes halogenated alkanes) is 31. The Labute approximate surface area is 522 Å². The predicted molar refractivity (Wildman–Crippen MR) is 350 cm³/mol. The van der Waals surface area contributed by atoms with Gasteiger partial charge in [-0.05, 0) is 83.5 Å². The third-order valence-electron chi connectivity index (χ3n) is 16.5. The molecule has 0 aliphatic carbocycles. The minimum atomic E-state index is -1.80. The van der Waals surface area contributed by atoms with E-state index in [0.717, 1.165) is 89.9 Å². The molecule has 0 aromatic heterocycles. The van der Waals surface area contributed by atoms with Crippen LogP contribution in [0.5, 0.6) is 0 Å². The van der Waals surface area contributed by atoms with Gasteiger partial charge in [-0.1, -0.05) is 266 Å². The van der Waals surface area contributed by atoms with Crippen LogP contribution in [0.2, 0.25) is 0 Å². The predicted octanol–water partition coefficient (Wildman–Crippen LogP) is 14.0. The van der Waals surface area contributed by atoms with Crippen molar-refractivity contribution in [2.45, 2.75) is 344 Å². The quantitative estimate of drug-likeness (QED) is 0.0204. The highest BCUT2D eigenvalue weighted by molar-refractivity contribution is 5.76. The monoisotopic (exact) mass is 1210 g/mol. The van der Waals surface area contributed by atoms with E-state index in [1.807, 2.05) is 6.08 Å². The Hall–Kier alpha value is -2.83. The average Bonchev–Trinajstić information content (AvgIpc) is 2.46. The molecular weight excluding hydrogens is 1090 g/mol. The number of aliphatic hydroxyl groups excluding tert-OH is 8. The van der Waals surface area contributed by atoms with Crippen molar-refractivity contribution >= 4 is 5.91 Å². The molecule has 9 N–H and O–H groups in total. The molecule has 14 heteroatoms. The van der Waals surface area contributed by atoms with Crippen LogP contribution >= 0.6 is 0 Å². The van der Waals surface area contributed by atoms with Gasteiger partial charge in [0, 0.05) is 6.42 Å². The van der Waals surface area contributed by atoms with Gasteiger partial charge in [0.15, 0.2) is 12.6 Å². The van der Waals surface area contributed by atoms with Crippen LogP contribution in [-0.2, 0) is 23.7 Å². The first-order chi connectivity index (χ1) is 42.1. The van der Waals surface area contributed by atoms with Crippen molar-refractivity contribution in [3.8, 4) is 0 Å². The number of nitrogens with one attached hydrogen (secondary N) is 1. The lowest BCUT2D eigenvalue weighted by atomic mass is 9.97. The zero-order valence-electron chi connectivity index (χ0n) is 54.0. The highest BCUT2D eigenvalue weighted by Gasteiger charge is 2.51. The van der Waals surface area contributed by atoms with E-state index in [9.17, 15) is 45.6 Å². The Morgan fingerprint density at radius 2 is 0.814 bits per heavy atom. The number of allylic oxidation sites excluding steroid dienone is 13. The average molecular weight is 1210 g/mol. The summed E-state index contributed by atoms with van der Waals surface area (Å²) in [5.74, 6) is -0.269. The van der Waals surface area contributed by atoms with E-state index in [1.54, 1.807) is 6.08 Å². The molecule has 0 spiro atoms. The lowest BCUT2D eigenvalue weighted by Crippen LogP contribution is -2.65. The van der Waals surface area contributed by atoms with Crippen LogP contribution < -0.4 is 5.32 Å². The lowest BCUT2D eigenvalue weighted by molar-refractivity contribution is -0.359. The summed E-state index contributed by atoms with van der Waals surface area (Å²) >= 11 is 0. The standard InChI is InChI=1S/C72H127NO13/c1-3-5-7-9-11-13-15-17-19-21-23-24-25-26-27-28-29-30-31-32-33-34-35-36-38-39-41-43-45-47-49-51-53-55-61(76)60(73-64(77)56-54-52-50-48-46-44-42-40-37-22-20-18-16-14-12-10-8-6-4-2)59-83-71-69(82)67(80)70(63(58-75)85-71)86-72-68(81)66(79)65(78)62(57-74)84-72/h6,8,12,14,18,20,37-40,45,47,53,55,60-63,65-72,74-76,78-82H,3-5,7,9-11,13,15-17,19,21-36,41-44,46,48-52,54,56-59H2,1-2H3,(H,73,77)/b8-6-,14-12-,20-18-,39-38+,40-37-,47-45+,55-53+. The molecule has 14 nitrogen and oxygen atoms in total. The molecule has 498 valence electrons. The molecule has 2 rings (SSSR count). The van der Waals surface area contributed by atoms with E-state index in [4.69, 9.17) is 18.9 Å². The van der Waals surface area contributed by atoms with Gasteiger partial charge in [-0.15, -0.1) is 0 Å². The number of hydrogen-bond acceptors (Lipinski definition) is 13. The van der Waals surface area contributed by atoms with Crippen LogP contribution in [0.1, 0.15) is 271 Å². The number of carbonyl (C=O) groups excluding carboxylic acids is 1. The van der Waals surface area contributed by atoms with Crippen molar-refractivity contribution < 1.29 is 64.6 Å². The molecule has 1 amide bonds. The van der Waals surface area contributed by atoms with Crippen LogP contribution in [0.15, 0.2) is 85.1 Å². The molecule has 12 atom stereocenters. The minimum Gasteiger partial charge on any atom is -0.394 e. The van der Waals surface area contributed by atoms with Crippen molar-refractivity contribution in [2.75, 3.05) is 19.8 Å². The van der Waals surface area contributed by atoms with Crippen LogP contribution in [0.25, 0.3) is 0 Å². The van der Waals surface area contributed by atoms with E-state index in [-0.39, 0.29) is 18.9 Å². The van der Waals surface area contributed by atoms with Crippen LogP contribution in [0.4, 0.5) is 0 Å². The molecule has 2 aliphatic heterocycles. The van der Waals surface area contributed by atoms with Gasteiger partial charge in [0.25, 0.3) is 0 Å². The molecule has 0 radical (unpaired) electrons. The number of carbonyl (C=O) groups is 1. The molecular formula is C72H127NO13. The Morgan fingerprint density at radius 1 is 0.430 bits per heavy atom. The number of amides is 1. The van der Waals surface area contributed by atoms with E-state index in [1.165, 1.54) is 148 Å². The number of rotatable bonds is 56. The Kier molecular flexibility index (Phi) is 51.8. The molecule has 2 heterocycles. The number of ether oxygens (including phenoxy) is 4. The SMILES string of the molecule is CC/C=C\C/C=C\C/C=C\C/C=C\CCCCCCCCC(=O)NC(COC1OC(CO)C(OC2OC(CO)C(O)C(O)C2O)C(O)C1O)C(O)/C=C/CC/C=C/CC/C=C/CCCCCCCCCCCCCCCCCCCCCCCCC. The van der Waals surface area contributed by atoms with Gasteiger partial charge in [-0.25, -0.2) is 0 Å². The molecule has 2 fully saturated rings. The Morgan fingerprint density at radius 3 is 1.28 bits per heavy atom. The van der Waals surface area contributed by atoms with E-state index >= 15 is 0 Å².